The molecule has 0 saturated carbocycles. The summed E-state index contributed by atoms with van der Waals surface area (Å²) in [7, 11) is 0. The largest absolute Gasteiger partial charge is 0.324 e. The molecule has 0 aliphatic carbocycles. The lowest BCUT2D eigenvalue weighted by molar-refractivity contribution is 0.102. The van der Waals surface area contributed by atoms with Gasteiger partial charge in [-0.1, -0.05) is 23.7 Å². The molecule has 122 valence electrons. The highest BCUT2D eigenvalue weighted by Gasteiger charge is 2.11. The molecule has 0 aliphatic rings. The molecule has 0 fully saturated rings. The van der Waals surface area contributed by atoms with E-state index in [9.17, 15) is 4.79 Å². The summed E-state index contributed by atoms with van der Waals surface area (Å²) in [4.78, 5) is 20.6. The first-order valence-electron chi connectivity index (χ1n) is 7.32. The van der Waals surface area contributed by atoms with Crippen LogP contribution in [-0.4, -0.2) is 15.9 Å². The minimum Gasteiger partial charge on any atom is -0.324 e. The Morgan fingerprint density at radius 3 is 2.56 bits per heavy atom. The second-order valence-corrected chi connectivity index (χ2v) is 5.42. The van der Waals surface area contributed by atoms with Crippen molar-refractivity contribution in [1.82, 2.24) is 9.97 Å². The highest BCUT2D eigenvalue weighted by atomic mass is 35.5. The summed E-state index contributed by atoms with van der Waals surface area (Å²) in [6, 6.07) is 17.3. The molecule has 0 bridgehead atoms. The van der Waals surface area contributed by atoms with Crippen LogP contribution in [0.4, 0.5) is 17.3 Å². The van der Waals surface area contributed by atoms with E-state index in [2.05, 4.69) is 20.6 Å². The van der Waals surface area contributed by atoms with E-state index in [1.54, 1.807) is 48.5 Å². The molecule has 3 aromatic rings. The first-order valence-corrected chi connectivity index (χ1v) is 7.69. The molecular weight excluding hydrogens is 338 g/mol. The first-order chi connectivity index (χ1) is 12.2. The van der Waals surface area contributed by atoms with Gasteiger partial charge in [-0.3, -0.25) is 4.79 Å². The summed E-state index contributed by atoms with van der Waals surface area (Å²) in [5.41, 5.74) is 1.97. The van der Waals surface area contributed by atoms with Gasteiger partial charge in [-0.15, -0.1) is 0 Å². The molecule has 0 radical (unpaired) electrons. The Kier molecular flexibility index (Phi) is 4.88. The van der Waals surface area contributed by atoms with Crippen molar-refractivity contribution < 1.29 is 4.79 Å². The molecule has 3 rings (SSSR count). The van der Waals surface area contributed by atoms with Crippen LogP contribution in [0.15, 0.2) is 60.8 Å². The van der Waals surface area contributed by atoms with Crippen LogP contribution in [0.25, 0.3) is 0 Å². The molecule has 1 aromatic heterocycles. The zero-order valence-electron chi connectivity index (χ0n) is 12.9. The lowest BCUT2D eigenvalue weighted by Gasteiger charge is -2.08. The number of nitriles is 1. The Bertz CT molecular complexity index is 950. The molecule has 25 heavy (non-hydrogen) atoms. The van der Waals surface area contributed by atoms with Crippen molar-refractivity contribution in [2.24, 2.45) is 0 Å². The number of hydrogen-bond acceptors (Lipinski definition) is 5. The van der Waals surface area contributed by atoms with Crippen LogP contribution >= 0.6 is 11.6 Å². The molecule has 6 nitrogen and oxygen atoms in total. The van der Waals surface area contributed by atoms with Crippen molar-refractivity contribution in [3.63, 3.8) is 0 Å². The fourth-order valence-electron chi connectivity index (χ4n) is 2.05. The molecule has 2 N–H and O–H groups in total. The topological polar surface area (TPSA) is 90.7 Å². The van der Waals surface area contributed by atoms with Crippen LogP contribution in [0.5, 0.6) is 0 Å². The lowest BCUT2D eigenvalue weighted by Crippen LogP contribution is -2.15. The Morgan fingerprint density at radius 2 is 1.84 bits per heavy atom. The minimum atomic E-state index is -0.390. The van der Waals surface area contributed by atoms with Gasteiger partial charge >= 0.3 is 0 Å². The fourth-order valence-corrected chi connectivity index (χ4v) is 2.23. The van der Waals surface area contributed by atoms with Crippen LogP contribution in [0.3, 0.4) is 0 Å². The van der Waals surface area contributed by atoms with Gasteiger partial charge in [0.1, 0.15) is 5.69 Å². The van der Waals surface area contributed by atoms with E-state index in [-0.39, 0.29) is 11.6 Å². The molecule has 7 heteroatoms. The van der Waals surface area contributed by atoms with Crippen LogP contribution in [0, 0.1) is 11.3 Å². The molecule has 0 aliphatic heterocycles. The summed E-state index contributed by atoms with van der Waals surface area (Å²) in [6.07, 6.45) is 1.49. The molecule has 1 amide bonds. The van der Waals surface area contributed by atoms with E-state index in [0.717, 1.165) is 0 Å². The van der Waals surface area contributed by atoms with Crippen molar-refractivity contribution in [3.05, 3.63) is 77.1 Å². The van der Waals surface area contributed by atoms with Crippen molar-refractivity contribution in [2.75, 3.05) is 10.6 Å². The molecule has 0 unspecified atom stereocenters. The summed E-state index contributed by atoms with van der Waals surface area (Å²) in [5.74, 6) is -0.116. The monoisotopic (exact) mass is 349 g/mol. The highest BCUT2D eigenvalue weighted by Crippen LogP contribution is 2.21. The maximum absolute atomic E-state index is 12.3. The second-order valence-electron chi connectivity index (χ2n) is 5.01. The smallest absolute Gasteiger partial charge is 0.274 e. The molecule has 1 heterocycles. The third-order valence-corrected chi connectivity index (χ3v) is 3.61. The maximum atomic E-state index is 12.3. The summed E-state index contributed by atoms with van der Waals surface area (Å²) in [6.45, 7) is 0. The van der Waals surface area contributed by atoms with E-state index < -0.39 is 5.91 Å². The number of nitrogens with one attached hydrogen (secondary N) is 2. The van der Waals surface area contributed by atoms with Gasteiger partial charge in [-0.25, -0.2) is 9.97 Å². The normalized spacial score (nSPS) is 9.92. The van der Waals surface area contributed by atoms with Crippen molar-refractivity contribution in [2.45, 2.75) is 0 Å². The summed E-state index contributed by atoms with van der Waals surface area (Å²) in [5, 5.41) is 14.9. The van der Waals surface area contributed by atoms with E-state index in [0.29, 0.717) is 22.0 Å². The van der Waals surface area contributed by atoms with Crippen LogP contribution < -0.4 is 10.6 Å². The zero-order chi connectivity index (χ0) is 17.6. The average molecular weight is 350 g/mol. The van der Waals surface area contributed by atoms with Gasteiger partial charge in [-0.2, -0.15) is 5.26 Å². The predicted octanol–water partition coefficient (Wildman–Crippen LogP) is 4.00. The molecule has 0 atom stereocenters. The Hall–Kier alpha value is -3.43. The summed E-state index contributed by atoms with van der Waals surface area (Å²) < 4.78 is 0. The number of amides is 1. The number of carbonyl (C=O) groups excluding carboxylic acids is 1. The predicted molar refractivity (Wildman–Crippen MR) is 95.9 cm³/mol. The van der Waals surface area contributed by atoms with Crippen LogP contribution in [0.2, 0.25) is 5.02 Å². The number of para-hydroxylation sites is 1. The summed E-state index contributed by atoms with van der Waals surface area (Å²) >= 11 is 6.04. The number of anilines is 3. The Labute approximate surface area is 149 Å². The SMILES string of the molecule is N#Cc1ccc(Nc2nccc(C(=O)Nc3ccccc3Cl)n2)cc1. The van der Waals surface area contributed by atoms with Gasteiger partial charge in [0.25, 0.3) is 5.91 Å². The quantitative estimate of drug-likeness (QED) is 0.743. The van der Waals surface area contributed by atoms with Gasteiger partial charge in [0.2, 0.25) is 5.95 Å². The molecule has 2 aromatic carbocycles. The van der Waals surface area contributed by atoms with Gasteiger partial charge in [0, 0.05) is 11.9 Å². The van der Waals surface area contributed by atoms with E-state index in [4.69, 9.17) is 16.9 Å². The Morgan fingerprint density at radius 1 is 1.08 bits per heavy atom. The maximum Gasteiger partial charge on any atom is 0.274 e. The van der Waals surface area contributed by atoms with E-state index >= 15 is 0 Å². The van der Waals surface area contributed by atoms with Gasteiger partial charge in [0.15, 0.2) is 0 Å². The third-order valence-electron chi connectivity index (χ3n) is 3.28. The number of hydrogen-bond donors (Lipinski definition) is 2. The molecule has 0 saturated heterocycles. The highest BCUT2D eigenvalue weighted by molar-refractivity contribution is 6.33. The van der Waals surface area contributed by atoms with Gasteiger partial charge in [-0.05, 0) is 42.5 Å². The fraction of sp³-hybridized carbons (Fsp3) is 0. The number of benzene rings is 2. The number of carbonyl (C=O) groups is 1. The van der Waals surface area contributed by atoms with Gasteiger partial charge in [0.05, 0.1) is 22.3 Å². The van der Waals surface area contributed by atoms with Crippen LogP contribution in [0.1, 0.15) is 16.1 Å². The zero-order valence-corrected chi connectivity index (χ0v) is 13.7. The third kappa shape index (κ3) is 4.10. The van der Waals surface area contributed by atoms with Crippen LogP contribution in [-0.2, 0) is 0 Å². The Balaban J connectivity index is 1.75. The van der Waals surface area contributed by atoms with E-state index in [1.807, 2.05) is 6.07 Å². The second kappa shape index (κ2) is 7.43. The number of halogens is 1. The molecular formula is C18H12ClN5O. The van der Waals surface area contributed by atoms with E-state index in [1.165, 1.54) is 12.3 Å². The minimum absolute atomic E-state index is 0.200. The van der Waals surface area contributed by atoms with Crippen molar-refractivity contribution in [3.8, 4) is 6.07 Å². The number of rotatable bonds is 4. The average Bonchev–Trinajstić information content (AvgIpc) is 2.64. The first kappa shape index (κ1) is 16.4. The van der Waals surface area contributed by atoms with Crippen molar-refractivity contribution >= 4 is 34.8 Å². The number of nitrogens with zero attached hydrogens (tertiary/aromatic N) is 3. The standard InChI is InChI=1S/C18H12ClN5O/c19-14-3-1-2-4-15(14)23-17(25)16-9-10-21-18(24-16)22-13-7-5-12(11-20)6-8-13/h1-10H,(H,23,25)(H,21,22,24). The lowest BCUT2D eigenvalue weighted by atomic mass is 10.2. The number of aromatic nitrogens is 2. The van der Waals surface area contributed by atoms with Crippen molar-refractivity contribution in [1.29, 1.82) is 5.26 Å². The van der Waals surface area contributed by atoms with Gasteiger partial charge < -0.3 is 10.6 Å². The molecule has 0 spiro atoms.